The molecule has 1 atom stereocenters. The molecule has 1 aromatic carbocycles. The van der Waals surface area contributed by atoms with E-state index >= 15 is 0 Å². The van der Waals surface area contributed by atoms with Crippen LogP contribution in [0.25, 0.3) is 5.69 Å². The fourth-order valence-corrected chi connectivity index (χ4v) is 3.56. The zero-order valence-electron chi connectivity index (χ0n) is 15.3. The Kier molecular flexibility index (Phi) is 6.13. The van der Waals surface area contributed by atoms with E-state index < -0.39 is 0 Å². The second kappa shape index (κ2) is 8.54. The molecular formula is C19H24ClN5O2. The highest BCUT2D eigenvalue weighted by molar-refractivity contribution is 6.30. The van der Waals surface area contributed by atoms with Crippen LogP contribution in [-0.2, 0) is 4.79 Å². The lowest BCUT2D eigenvalue weighted by Crippen LogP contribution is -2.46. The summed E-state index contributed by atoms with van der Waals surface area (Å²) in [6.07, 6.45) is 3.16. The molecular weight excluding hydrogens is 366 g/mol. The number of nitrogens with one attached hydrogen (secondary N) is 1. The van der Waals surface area contributed by atoms with E-state index in [0.29, 0.717) is 36.8 Å². The molecule has 1 saturated heterocycles. The second-order valence-corrected chi connectivity index (χ2v) is 7.14. The first-order valence-corrected chi connectivity index (χ1v) is 9.46. The van der Waals surface area contributed by atoms with Crippen LogP contribution in [0.5, 0.6) is 0 Å². The van der Waals surface area contributed by atoms with Crippen molar-refractivity contribution in [1.82, 2.24) is 20.0 Å². The van der Waals surface area contributed by atoms with Gasteiger partial charge in [-0.1, -0.05) is 17.7 Å². The topological polar surface area (TPSA) is 93.2 Å². The van der Waals surface area contributed by atoms with Crippen LogP contribution in [0.4, 0.5) is 0 Å². The number of nitrogens with two attached hydrogens (primary N) is 1. The van der Waals surface area contributed by atoms with Crippen LogP contribution >= 0.6 is 11.6 Å². The van der Waals surface area contributed by atoms with E-state index in [0.717, 1.165) is 24.2 Å². The number of nitrogens with zero attached hydrogens (tertiary/aromatic N) is 3. The maximum atomic E-state index is 13.0. The van der Waals surface area contributed by atoms with Crippen molar-refractivity contribution in [3.05, 3.63) is 46.7 Å². The first-order chi connectivity index (χ1) is 13.0. The number of aromatic nitrogens is 2. The van der Waals surface area contributed by atoms with Crippen molar-refractivity contribution in [2.75, 3.05) is 26.2 Å². The fourth-order valence-electron chi connectivity index (χ4n) is 3.37. The average Bonchev–Trinajstić information content (AvgIpc) is 3.07. The SMILES string of the molecule is Cc1c(C(=O)N2CCCC(C(=O)NCCN)C2)cnn1-c1cccc(Cl)c1. The molecule has 27 heavy (non-hydrogen) atoms. The minimum absolute atomic E-state index is 0.0377. The van der Waals surface area contributed by atoms with Crippen molar-refractivity contribution in [3.63, 3.8) is 0 Å². The number of hydrogen-bond donors (Lipinski definition) is 2. The number of piperidine rings is 1. The Bertz CT molecular complexity index is 835. The smallest absolute Gasteiger partial charge is 0.257 e. The average molecular weight is 390 g/mol. The summed E-state index contributed by atoms with van der Waals surface area (Å²) in [5.41, 5.74) is 7.53. The molecule has 2 heterocycles. The molecule has 1 aliphatic rings. The lowest BCUT2D eigenvalue weighted by atomic mass is 9.96. The molecule has 0 spiro atoms. The summed E-state index contributed by atoms with van der Waals surface area (Å²) in [4.78, 5) is 27.0. The summed E-state index contributed by atoms with van der Waals surface area (Å²) in [7, 11) is 0. The van der Waals surface area contributed by atoms with Gasteiger partial charge in [-0.25, -0.2) is 4.68 Å². The first kappa shape index (κ1) is 19.4. The van der Waals surface area contributed by atoms with Crippen LogP contribution < -0.4 is 11.1 Å². The fraction of sp³-hybridized carbons (Fsp3) is 0.421. The van der Waals surface area contributed by atoms with Gasteiger partial charge in [0.05, 0.1) is 29.1 Å². The molecule has 2 aromatic rings. The number of rotatable bonds is 5. The van der Waals surface area contributed by atoms with Crippen LogP contribution in [0.3, 0.4) is 0 Å². The largest absolute Gasteiger partial charge is 0.355 e. The number of benzene rings is 1. The molecule has 3 rings (SSSR count). The summed E-state index contributed by atoms with van der Waals surface area (Å²) in [6.45, 7) is 3.77. The first-order valence-electron chi connectivity index (χ1n) is 9.09. The summed E-state index contributed by atoms with van der Waals surface area (Å²) in [5.74, 6) is -0.334. The van der Waals surface area contributed by atoms with E-state index in [1.54, 1.807) is 27.9 Å². The monoisotopic (exact) mass is 389 g/mol. The summed E-state index contributed by atoms with van der Waals surface area (Å²) in [6, 6.07) is 7.32. The van der Waals surface area contributed by atoms with Gasteiger partial charge in [-0.3, -0.25) is 9.59 Å². The van der Waals surface area contributed by atoms with Crippen LogP contribution in [0, 0.1) is 12.8 Å². The zero-order valence-corrected chi connectivity index (χ0v) is 16.1. The lowest BCUT2D eigenvalue weighted by Gasteiger charge is -2.32. The van der Waals surface area contributed by atoms with E-state index in [-0.39, 0.29) is 17.7 Å². The Morgan fingerprint density at radius 3 is 2.96 bits per heavy atom. The van der Waals surface area contributed by atoms with E-state index in [4.69, 9.17) is 17.3 Å². The number of likely N-dealkylation sites (tertiary alicyclic amines) is 1. The summed E-state index contributed by atoms with van der Waals surface area (Å²) >= 11 is 6.06. The van der Waals surface area contributed by atoms with Gasteiger partial charge >= 0.3 is 0 Å². The van der Waals surface area contributed by atoms with Gasteiger partial charge in [-0.15, -0.1) is 0 Å². The highest BCUT2D eigenvalue weighted by Gasteiger charge is 2.30. The van der Waals surface area contributed by atoms with Gasteiger partial charge in [0.2, 0.25) is 5.91 Å². The third-order valence-electron chi connectivity index (χ3n) is 4.82. The van der Waals surface area contributed by atoms with Crippen molar-refractivity contribution in [2.45, 2.75) is 19.8 Å². The normalized spacial score (nSPS) is 17.0. The highest BCUT2D eigenvalue weighted by Crippen LogP contribution is 2.22. The van der Waals surface area contributed by atoms with Crippen molar-refractivity contribution in [3.8, 4) is 5.69 Å². The Balaban J connectivity index is 1.75. The Hall–Kier alpha value is -2.38. The Morgan fingerprint density at radius 2 is 2.22 bits per heavy atom. The molecule has 2 amide bonds. The zero-order chi connectivity index (χ0) is 19.4. The third kappa shape index (κ3) is 4.31. The molecule has 0 saturated carbocycles. The van der Waals surface area contributed by atoms with E-state index in [9.17, 15) is 9.59 Å². The predicted octanol–water partition coefficient (Wildman–Crippen LogP) is 1.76. The molecule has 144 valence electrons. The van der Waals surface area contributed by atoms with Crippen molar-refractivity contribution >= 4 is 23.4 Å². The van der Waals surface area contributed by atoms with Gasteiger partial charge in [0.15, 0.2) is 0 Å². The number of halogens is 1. The molecule has 3 N–H and O–H groups in total. The minimum atomic E-state index is -0.197. The van der Waals surface area contributed by atoms with Gasteiger partial charge in [0.1, 0.15) is 0 Å². The number of carbonyl (C=O) groups is 2. The maximum Gasteiger partial charge on any atom is 0.257 e. The molecule has 1 fully saturated rings. The number of carbonyl (C=O) groups excluding carboxylic acids is 2. The van der Waals surface area contributed by atoms with Crippen LogP contribution in [0.2, 0.25) is 5.02 Å². The summed E-state index contributed by atoms with van der Waals surface area (Å²) < 4.78 is 1.70. The Morgan fingerprint density at radius 1 is 1.41 bits per heavy atom. The molecule has 0 aliphatic carbocycles. The van der Waals surface area contributed by atoms with Crippen molar-refractivity contribution in [2.24, 2.45) is 11.7 Å². The van der Waals surface area contributed by atoms with Crippen LogP contribution in [0.15, 0.2) is 30.5 Å². The summed E-state index contributed by atoms with van der Waals surface area (Å²) in [5, 5.41) is 7.78. The van der Waals surface area contributed by atoms with Gasteiger partial charge in [-0.2, -0.15) is 5.10 Å². The van der Waals surface area contributed by atoms with Crippen molar-refractivity contribution < 1.29 is 9.59 Å². The van der Waals surface area contributed by atoms with Gasteiger partial charge in [0, 0.05) is 31.2 Å². The van der Waals surface area contributed by atoms with Gasteiger partial charge in [0.25, 0.3) is 5.91 Å². The molecule has 1 unspecified atom stereocenters. The molecule has 1 aromatic heterocycles. The van der Waals surface area contributed by atoms with Crippen molar-refractivity contribution in [1.29, 1.82) is 0 Å². The second-order valence-electron chi connectivity index (χ2n) is 6.71. The van der Waals surface area contributed by atoms with Crippen LogP contribution in [-0.4, -0.2) is 52.7 Å². The standard InChI is InChI=1S/C19H24ClN5O2/c1-13-17(11-23-25(13)16-6-2-5-15(20)10-16)19(27)24-9-3-4-14(12-24)18(26)22-8-7-21/h2,5-6,10-11,14H,3-4,7-9,12,21H2,1H3,(H,22,26). The van der Waals surface area contributed by atoms with Crippen LogP contribution in [0.1, 0.15) is 28.9 Å². The highest BCUT2D eigenvalue weighted by atomic mass is 35.5. The molecule has 7 nitrogen and oxygen atoms in total. The Labute approximate surface area is 163 Å². The van der Waals surface area contributed by atoms with E-state index in [1.165, 1.54) is 0 Å². The molecule has 1 aliphatic heterocycles. The molecule has 0 bridgehead atoms. The quantitative estimate of drug-likeness (QED) is 0.814. The lowest BCUT2D eigenvalue weighted by molar-refractivity contribution is -0.126. The van der Waals surface area contributed by atoms with E-state index in [1.807, 2.05) is 19.1 Å². The third-order valence-corrected chi connectivity index (χ3v) is 5.05. The predicted molar refractivity (Wildman–Crippen MR) is 104 cm³/mol. The molecule has 8 heteroatoms. The van der Waals surface area contributed by atoms with Gasteiger partial charge in [-0.05, 0) is 38.0 Å². The minimum Gasteiger partial charge on any atom is -0.355 e. The van der Waals surface area contributed by atoms with Gasteiger partial charge < -0.3 is 16.0 Å². The van der Waals surface area contributed by atoms with E-state index in [2.05, 4.69) is 10.4 Å². The number of hydrogen-bond acceptors (Lipinski definition) is 4. The number of amides is 2. The maximum absolute atomic E-state index is 13.0. The molecule has 0 radical (unpaired) electrons.